The summed E-state index contributed by atoms with van der Waals surface area (Å²) in [5.41, 5.74) is 4.04. The van der Waals surface area contributed by atoms with Crippen LogP contribution in [0.25, 0.3) is 0 Å². The van der Waals surface area contributed by atoms with Gasteiger partial charge in [-0.15, -0.1) is 17.9 Å². The monoisotopic (exact) mass is 641 g/mol. The van der Waals surface area contributed by atoms with Crippen molar-refractivity contribution in [1.82, 2.24) is 20.9 Å². The molecule has 2 aliphatic rings. The largest absolute Gasteiger partial charge is 0.363 e. The molecule has 0 radical (unpaired) electrons. The van der Waals surface area contributed by atoms with Crippen LogP contribution in [0, 0.1) is 28.6 Å². The second kappa shape index (κ2) is 14.1. The second-order valence-electron chi connectivity index (χ2n) is 14.0. The number of carbonyl (C=O) groups excluding carboxylic acids is 6. The van der Waals surface area contributed by atoms with Crippen LogP contribution in [0.3, 0.4) is 0 Å². The van der Waals surface area contributed by atoms with Gasteiger partial charge in [0, 0.05) is 6.54 Å². The number of ketones is 2. The van der Waals surface area contributed by atoms with Gasteiger partial charge in [0.15, 0.2) is 5.78 Å². The SMILES string of the molecule is C=CC(C)(C)[C@@H]1C[C@@H](C(=O)NC(CC2C=C2)C(=O)C(N)=O)N(C(=O)[C@@H](NC(=O)N[C@H](C(=O)c2cccs2)C(C)C)C(C)(C)C)C1. The standard InChI is InChI=1S/C33H47N5O6S/c1-9-33(7,8)20-16-22(29(42)35-21(15-19-12-13-19)25(39)28(34)41)38(17-20)30(43)27(32(4,5)6)37-31(44)36-24(18(2)3)26(40)23-11-10-14-45-23/h9-14,18-22,24,27H,1,15-17H2,2-8H3,(H2,34,41)(H,35,42)(H2,36,37,44)/t20-,21?,22+,24+,27-/m1/s1. The zero-order chi connectivity index (χ0) is 33.9. The molecule has 1 fully saturated rings. The molecule has 3 rings (SSSR count). The smallest absolute Gasteiger partial charge is 0.316 e. The van der Waals surface area contributed by atoms with Crippen LogP contribution in [0.15, 0.2) is 42.3 Å². The number of rotatable bonds is 14. The summed E-state index contributed by atoms with van der Waals surface area (Å²) in [4.78, 5) is 80.8. The maximum absolute atomic E-state index is 14.3. The molecular weight excluding hydrogens is 594 g/mol. The van der Waals surface area contributed by atoms with E-state index in [1.165, 1.54) is 16.2 Å². The molecule has 1 aromatic rings. The Morgan fingerprint density at radius 1 is 1.07 bits per heavy atom. The van der Waals surface area contributed by atoms with Crippen molar-refractivity contribution >= 4 is 46.7 Å². The molecule has 1 aliphatic heterocycles. The minimum absolute atomic E-state index is 0.0262. The van der Waals surface area contributed by atoms with Crippen molar-refractivity contribution in [2.75, 3.05) is 6.54 Å². The highest BCUT2D eigenvalue weighted by molar-refractivity contribution is 7.12. The Morgan fingerprint density at radius 2 is 1.71 bits per heavy atom. The van der Waals surface area contributed by atoms with Gasteiger partial charge >= 0.3 is 6.03 Å². The van der Waals surface area contributed by atoms with E-state index in [2.05, 4.69) is 22.5 Å². The third kappa shape index (κ3) is 8.90. The van der Waals surface area contributed by atoms with Gasteiger partial charge in [-0.2, -0.15) is 0 Å². The minimum atomic E-state index is -1.15. The van der Waals surface area contributed by atoms with E-state index in [4.69, 9.17) is 5.73 Å². The van der Waals surface area contributed by atoms with Crippen molar-refractivity contribution in [2.45, 2.75) is 85.5 Å². The van der Waals surface area contributed by atoms with E-state index < -0.39 is 64.5 Å². The number of nitrogens with zero attached hydrogens (tertiary/aromatic N) is 1. The number of hydrogen-bond donors (Lipinski definition) is 4. The van der Waals surface area contributed by atoms with Gasteiger partial charge in [-0.3, -0.25) is 24.0 Å². The van der Waals surface area contributed by atoms with Gasteiger partial charge < -0.3 is 26.6 Å². The van der Waals surface area contributed by atoms with Gasteiger partial charge in [-0.1, -0.05) is 72.8 Å². The fraction of sp³-hybridized carbons (Fsp3) is 0.576. The summed E-state index contributed by atoms with van der Waals surface area (Å²) >= 11 is 1.29. The van der Waals surface area contributed by atoms with Gasteiger partial charge in [-0.05, 0) is 52.9 Å². The van der Waals surface area contributed by atoms with E-state index in [1.807, 2.05) is 39.8 Å². The second-order valence-corrected chi connectivity index (χ2v) is 15.0. The summed E-state index contributed by atoms with van der Waals surface area (Å²) in [6.45, 7) is 17.1. The Morgan fingerprint density at radius 3 is 2.20 bits per heavy atom. The average Bonchev–Trinajstić information content (AvgIpc) is 3.40. The van der Waals surface area contributed by atoms with Gasteiger partial charge in [0.25, 0.3) is 5.91 Å². The molecule has 45 heavy (non-hydrogen) atoms. The molecular formula is C33H47N5O6S. The first kappa shape index (κ1) is 35.7. The predicted molar refractivity (Wildman–Crippen MR) is 173 cm³/mol. The highest BCUT2D eigenvalue weighted by Crippen LogP contribution is 2.39. The van der Waals surface area contributed by atoms with E-state index in [9.17, 15) is 28.8 Å². The van der Waals surface area contributed by atoms with Crippen LogP contribution in [0.2, 0.25) is 0 Å². The summed E-state index contributed by atoms with van der Waals surface area (Å²) in [5, 5.41) is 10.0. The lowest BCUT2D eigenvalue weighted by Gasteiger charge is -2.36. The Balaban J connectivity index is 1.87. The number of thiophene rings is 1. The van der Waals surface area contributed by atoms with Crippen molar-refractivity contribution in [3.63, 3.8) is 0 Å². The number of urea groups is 1. The number of hydrogen-bond acceptors (Lipinski definition) is 7. The average molecular weight is 642 g/mol. The summed E-state index contributed by atoms with van der Waals surface area (Å²) < 4.78 is 0. The molecule has 2 heterocycles. The molecule has 0 spiro atoms. The Bertz CT molecular complexity index is 1340. The normalized spacial score (nSPS) is 20.2. The Kier molecular flexibility index (Phi) is 11.2. The lowest BCUT2D eigenvalue weighted by Crippen LogP contribution is -2.61. The van der Waals surface area contributed by atoms with Crippen molar-refractivity contribution < 1.29 is 28.8 Å². The molecule has 5 N–H and O–H groups in total. The first-order valence-corrected chi connectivity index (χ1v) is 16.2. The fourth-order valence-electron chi connectivity index (χ4n) is 5.45. The topological polar surface area (TPSA) is 168 Å². The number of carbonyl (C=O) groups is 6. The highest BCUT2D eigenvalue weighted by Gasteiger charge is 2.48. The number of nitrogens with two attached hydrogens (primary N) is 1. The molecule has 1 aliphatic carbocycles. The molecule has 0 aromatic carbocycles. The van der Waals surface area contributed by atoms with Gasteiger partial charge in [0.05, 0.1) is 17.0 Å². The quantitative estimate of drug-likeness (QED) is 0.138. The van der Waals surface area contributed by atoms with Crippen molar-refractivity contribution in [1.29, 1.82) is 0 Å². The molecule has 12 heteroatoms. The molecule has 11 nitrogen and oxygen atoms in total. The van der Waals surface area contributed by atoms with E-state index in [0.29, 0.717) is 4.88 Å². The van der Waals surface area contributed by atoms with Crippen molar-refractivity contribution in [3.8, 4) is 0 Å². The third-order valence-corrected chi connectivity index (χ3v) is 9.59. The van der Waals surface area contributed by atoms with Crippen LogP contribution in [0.1, 0.15) is 71.0 Å². The van der Waals surface area contributed by atoms with Gasteiger partial charge in [-0.25, -0.2) is 4.79 Å². The molecule has 246 valence electrons. The van der Waals surface area contributed by atoms with Gasteiger partial charge in [0.1, 0.15) is 12.1 Å². The van der Waals surface area contributed by atoms with E-state index >= 15 is 0 Å². The van der Waals surface area contributed by atoms with Crippen LogP contribution in [0.5, 0.6) is 0 Å². The lowest BCUT2D eigenvalue weighted by atomic mass is 9.77. The molecule has 1 saturated heterocycles. The number of nitrogens with one attached hydrogen (secondary N) is 3. The first-order chi connectivity index (χ1) is 20.9. The van der Waals surface area contributed by atoms with Crippen LogP contribution in [0.4, 0.5) is 4.79 Å². The van der Waals surface area contributed by atoms with Crippen LogP contribution in [-0.2, 0) is 19.2 Å². The van der Waals surface area contributed by atoms with Crippen LogP contribution in [-0.4, -0.2) is 70.9 Å². The highest BCUT2D eigenvalue weighted by atomic mass is 32.1. The number of likely N-dealkylation sites (tertiary alicyclic amines) is 1. The summed E-state index contributed by atoms with van der Waals surface area (Å²) in [7, 11) is 0. The number of amides is 5. The van der Waals surface area contributed by atoms with Crippen molar-refractivity contribution in [3.05, 3.63) is 47.2 Å². The number of Topliss-reactive ketones (excluding diaryl/α,β-unsaturated/α-hetero) is 2. The molecule has 5 atom stereocenters. The van der Waals surface area contributed by atoms with Gasteiger partial charge in [0.2, 0.25) is 17.6 Å². The summed E-state index contributed by atoms with van der Waals surface area (Å²) in [6.07, 6.45) is 5.96. The van der Waals surface area contributed by atoms with E-state index in [-0.39, 0.29) is 42.9 Å². The van der Waals surface area contributed by atoms with Crippen molar-refractivity contribution in [2.24, 2.45) is 34.3 Å². The van der Waals surface area contributed by atoms with E-state index in [1.54, 1.807) is 44.4 Å². The summed E-state index contributed by atoms with van der Waals surface area (Å²) in [5.74, 6) is -3.73. The molecule has 5 amide bonds. The first-order valence-electron chi connectivity index (χ1n) is 15.3. The van der Waals surface area contributed by atoms with Crippen LogP contribution < -0.4 is 21.7 Å². The molecule has 0 bridgehead atoms. The lowest BCUT2D eigenvalue weighted by molar-refractivity contribution is -0.143. The zero-order valence-electron chi connectivity index (χ0n) is 27.2. The Labute approximate surface area is 269 Å². The summed E-state index contributed by atoms with van der Waals surface area (Å²) in [6, 6.07) is -1.21. The number of primary amides is 1. The van der Waals surface area contributed by atoms with Crippen LogP contribution >= 0.6 is 11.3 Å². The minimum Gasteiger partial charge on any atom is -0.363 e. The predicted octanol–water partition coefficient (Wildman–Crippen LogP) is 3.21. The molecule has 1 aromatic heterocycles. The number of allylic oxidation sites excluding steroid dienone is 3. The maximum Gasteiger partial charge on any atom is 0.316 e. The Hall–Kier alpha value is -3.80. The molecule has 0 saturated carbocycles. The fourth-order valence-corrected chi connectivity index (χ4v) is 6.15. The zero-order valence-corrected chi connectivity index (χ0v) is 28.0. The third-order valence-electron chi connectivity index (χ3n) is 8.70. The van der Waals surface area contributed by atoms with E-state index in [0.717, 1.165) is 0 Å². The maximum atomic E-state index is 14.3. The molecule has 1 unspecified atom stereocenters.